The van der Waals surface area contributed by atoms with Crippen LogP contribution in [0.3, 0.4) is 0 Å². The van der Waals surface area contributed by atoms with Gasteiger partial charge in [0.25, 0.3) is 0 Å². The lowest BCUT2D eigenvalue weighted by Gasteiger charge is -2.20. The van der Waals surface area contributed by atoms with Crippen LogP contribution in [0.15, 0.2) is 36.5 Å². The second kappa shape index (κ2) is 7.58. The third-order valence-electron chi connectivity index (χ3n) is 3.74. The van der Waals surface area contributed by atoms with Crippen LogP contribution in [0.2, 0.25) is 5.02 Å². The Morgan fingerprint density at radius 3 is 2.67 bits per heavy atom. The molecule has 2 rings (SSSR count). The van der Waals surface area contributed by atoms with Gasteiger partial charge in [-0.3, -0.25) is 4.98 Å². The third kappa shape index (κ3) is 4.29. The Labute approximate surface area is 132 Å². The number of rotatable bonds is 6. The summed E-state index contributed by atoms with van der Waals surface area (Å²) in [4.78, 5) is 4.53. The van der Waals surface area contributed by atoms with Crippen LogP contribution in [0.4, 0.5) is 0 Å². The number of benzene rings is 1. The number of hydrogen-bond acceptors (Lipinski definition) is 2. The van der Waals surface area contributed by atoms with E-state index < -0.39 is 0 Å². The highest BCUT2D eigenvalue weighted by Crippen LogP contribution is 2.24. The van der Waals surface area contributed by atoms with Crippen LogP contribution in [-0.2, 0) is 6.42 Å². The normalized spacial score (nSPS) is 12.4. The molecular formula is C18H23ClN2. The van der Waals surface area contributed by atoms with E-state index in [2.05, 4.69) is 49.3 Å². The Hall–Kier alpha value is -1.38. The SMILES string of the molecule is CCCNC(Cc1ncccc1C)c1ccc(Cl)c(C)c1. The lowest BCUT2D eigenvalue weighted by atomic mass is 9.98. The summed E-state index contributed by atoms with van der Waals surface area (Å²) in [7, 11) is 0. The number of nitrogens with zero attached hydrogens (tertiary/aromatic N) is 1. The van der Waals surface area contributed by atoms with Crippen LogP contribution in [0.1, 0.15) is 41.8 Å². The lowest BCUT2D eigenvalue weighted by molar-refractivity contribution is 0.523. The number of aryl methyl sites for hydroxylation is 2. The summed E-state index contributed by atoms with van der Waals surface area (Å²) in [6.07, 6.45) is 3.88. The van der Waals surface area contributed by atoms with Crippen LogP contribution >= 0.6 is 11.6 Å². The summed E-state index contributed by atoms with van der Waals surface area (Å²) >= 11 is 6.14. The Balaban J connectivity index is 2.25. The van der Waals surface area contributed by atoms with E-state index in [9.17, 15) is 0 Å². The molecule has 0 saturated carbocycles. The van der Waals surface area contributed by atoms with Gasteiger partial charge in [-0.25, -0.2) is 0 Å². The standard InChI is InChI=1S/C18H23ClN2/c1-4-9-20-18(12-17-13(2)6-5-10-21-17)15-7-8-16(19)14(3)11-15/h5-8,10-11,18,20H,4,9,12H2,1-3H3. The van der Waals surface area contributed by atoms with Crippen molar-refractivity contribution in [1.29, 1.82) is 0 Å². The molecular weight excluding hydrogens is 280 g/mol. The molecule has 0 aliphatic rings. The van der Waals surface area contributed by atoms with Gasteiger partial charge in [0.2, 0.25) is 0 Å². The molecule has 1 unspecified atom stereocenters. The van der Waals surface area contributed by atoms with Gasteiger partial charge in [-0.05, 0) is 55.6 Å². The van der Waals surface area contributed by atoms with Crippen LogP contribution in [0.5, 0.6) is 0 Å². The quantitative estimate of drug-likeness (QED) is 0.841. The number of halogens is 1. The van der Waals surface area contributed by atoms with E-state index >= 15 is 0 Å². The average Bonchev–Trinajstić information content (AvgIpc) is 2.48. The summed E-state index contributed by atoms with van der Waals surface area (Å²) in [6, 6.07) is 10.6. The smallest absolute Gasteiger partial charge is 0.0451 e. The molecule has 0 saturated heterocycles. The first-order valence-electron chi connectivity index (χ1n) is 7.51. The lowest BCUT2D eigenvalue weighted by Crippen LogP contribution is -2.24. The Bertz CT molecular complexity index is 596. The fourth-order valence-electron chi connectivity index (χ4n) is 2.44. The van der Waals surface area contributed by atoms with Gasteiger partial charge in [-0.15, -0.1) is 0 Å². The zero-order valence-corrected chi connectivity index (χ0v) is 13.7. The summed E-state index contributed by atoms with van der Waals surface area (Å²) in [5.74, 6) is 0. The van der Waals surface area contributed by atoms with Gasteiger partial charge < -0.3 is 5.32 Å². The average molecular weight is 303 g/mol. The molecule has 3 heteroatoms. The molecule has 0 aliphatic heterocycles. The number of hydrogen-bond donors (Lipinski definition) is 1. The topological polar surface area (TPSA) is 24.9 Å². The second-order valence-electron chi connectivity index (χ2n) is 5.49. The van der Waals surface area contributed by atoms with Gasteiger partial charge >= 0.3 is 0 Å². The Morgan fingerprint density at radius 2 is 2.00 bits per heavy atom. The van der Waals surface area contributed by atoms with Gasteiger partial charge in [-0.2, -0.15) is 0 Å². The molecule has 1 aromatic carbocycles. The molecule has 21 heavy (non-hydrogen) atoms. The highest BCUT2D eigenvalue weighted by atomic mass is 35.5. The van der Waals surface area contributed by atoms with Crippen molar-refractivity contribution in [3.63, 3.8) is 0 Å². The molecule has 0 spiro atoms. The molecule has 0 bridgehead atoms. The minimum Gasteiger partial charge on any atom is -0.310 e. The van der Waals surface area contributed by atoms with Gasteiger partial charge in [-0.1, -0.05) is 36.7 Å². The first kappa shape index (κ1) is 16.0. The van der Waals surface area contributed by atoms with Gasteiger partial charge in [0, 0.05) is 29.4 Å². The monoisotopic (exact) mass is 302 g/mol. The Kier molecular flexibility index (Phi) is 5.77. The third-order valence-corrected chi connectivity index (χ3v) is 4.16. The maximum Gasteiger partial charge on any atom is 0.0451 e. The van der Waals surface area contributed by atoms with Gasteiger partial charge in [0.05, 0.1) is 0 Å². The zero-order chi connectivity index (χ0) is 15.2. The Morgan fingerprint density at radius 1 is 1.19 bits per heavy atom. The van der Waals surface area contributed by atoms with E-state index in [0.29, 0.717) is 0 Å². The number of aromatic nitrogens is 1. The summed E-state index contributed by atoms with van der Waals surface area (Å²) < 4.78 is 0. The summed E-state index contributed by atoms with van der Waals surface area (Å²) in [6.45, 7) is 7.35. The minimum absolute atomic E-state index is 0.273. The highest BCUT2D eigenvalue weighted by molar-refractivity contribution is 6.31. The molecule has 2 aromatic rings. The molecule has 1 N–H and O–H groups in total. The molecule has 0 amide bonds. The van der Waals surface area contributed by atoms with Gasteiger partial charge in [0.1, 0.15) is 0 Å². The fraction of sp³-hybridized carbons (Fsp3) is 0.389. The highest BCUT2D eigenvalue weighted by Gasteiger charge is 2.14. The van der Waals surface area contributed by atoms with Crippen molar-refractivity contribution in [1.82, 2.24) is 10.3 Å². The van der Waals surface area contributed by atoms with E-state index in [1.807, 2.05) is 18.3 Å². The first-order chi connectivity index (χ1) is 10.1. The van der Waals surface area contributed by atoms with Crippen molar-refractivity contribution in [2.45, 2.75) is 39.7 Å². The maximum atomic E-state index is 6.14. The number of pyridine rings is 1. The molecule has 0 radical (unpaired) electrons. The molecule has 2 nitrogen and oxygen atoms in total. The predicted molar refractivity (Wildman–Crippen MR) is 89.9 cm³/mol. The molecule has 112 valence electrons. The van der Waals surface area contributed by atoms with Crippen LogP contribution in [0.25, 0.3) is 0 Å². The van der Waals surface area contributed by atoms with E-state index in [1.165, 1.54) is 11.1 Å². The fourth-order valence-corrected chi connectivity index (χ4v) is 2.55. The molecule has 0 aliphatic carbocycles. The molecule has 1 atom stereocenters. The molecule has 1 aromatic heterocycles. The largest absolute Gasteiger partial charge is 0.310 e. The van der Waals surface area contributed by atoms with Gasteiger partial charge in [0.15, 0.2) is 0 Å². The molecule has 0 fully saturated rings. The zero-order valence-electron chi connectivity index (χ0n) is 13.0. The van der Waals surface area contributed by atoms with Crippen LogP contribution in [-0.4, -0.2) is 11.5 Å². The second-order valence-corrected chi connectivity index (χ2v) is 5.89. The van der Waals surface area contributed by atoms with E-state index in [0.717, 1.165) is 35.7 Å². The molecule has 1 heterocycles. The first-order valence-corrected chi connectivity index (χ1v) is 7.89. The summed E-state index contributed by atoms with van der Waals surface area (Å²) in [5.41, 5.74) is 4.79. The van der Waals surface area contributed by atoms with Crippen molar-refractivity contribution in [3.8, 4) is 0 Å². The van der Waals surface area contributed by atoms with E-state index in [1.54, 1.807) is 0 Å². The van der Waals surface area contributed by atoms with Crippen LogP contribution < -0.4 is 5.32 Å². The summed E-state index contributed by atoms with van der Waals surface area (Å²) in [5, 5.41) is 4.45. The minimum atomic E-state index is 0.273. The van der Waals surface area contributed by atoms with Crippen molar-refractivity contribution < 1.29 is 0 Å². The van der Waals surface area contributed by atoms with Crippen molar-refractivity contribution in [2.75, 3.05) is 6.54 Å². The maximum absolute atomic E-state index is 6.14. The van der Waals surface area contributed by atoms with Crippen LogP contribution in [0, 0.1) is 13.8 Å². The van der Waals surface area contributed by atoms with E-state index in [4.69, 9.17) is 11.6 Å². The van der Waals surface area contributed by atoms with E-state index in [-0.39, 0.29) is 6.04 Å². The van der Waals surface area contributed by atoms with Crippen molar-refractivity contribution >= 4 is 11.6 Å². The van der Waals surface area contributed by atoms with Crippen molar-refractivity contribution in [3.05, 3.63) is 63.9 Å². The number of nitrogens with one attached hydrogen (secondary N) is 1. The predicted octanol–water partition coefficient (Wildman–Crippen LogP) is 4.64. The van der Waals surface area contributed by atoms with Crippen molar-refractivity contribution in [2.24, 2.45) is 0 Å².